The first-order valence-electron chi connectivity index (χ1n) is 6.24. The number of ether oxygens (including phenoxy) is 1. The average Bonchev–Trinajstić information content (AvgIpc) is 2.32. The summed E-state index contributed by atoms with van der Waals surface area (Å²) in [6.07, 6.45) is 6.27. The van der Waals surface area contributed by atoms with Crippen molar-refractivity contribution < 1.29 is 9.53 Å². The van der Waals surface area contributed by atoms with Crippen molar-refractivity contribution in [2.24, 2.45) is 11.8 Å². The van der Waals surface area contributed by atoms with Crippen molar-refractivity contribution in [2.45, 2.75) is 63.6 Å². The van der Waals surface area contributed by atoms with Gasteiger partial charge in [0.25, 0.3) is 0 Å². The standard InChI is InChI=1S/C13H20O2/c1-12(2)10-4-3-9-5-6-11(14)8-13(9,7-10)15-12/h9-10H,3-8H2,1-2H3/t9?,10-,13?/m1/s1. The van der Waals surface area contributed by atoms with Crippen LogP contribution in [0.15, 0.2) is 0 Å². The van der Waals surface area contributed by atoms with Gasteiger partial charge in [-0.3, -0.25) is 4.79 Å². The van der Waals surface area contributed by atoms with Crippen LogP contribution < -0.4 is 0 Å². The van der Waals surface area contributed by atoms with E-state index in [1.807, 2.05) is 0 Å². The molecular formula is C13H20O2. The largest absolute Gasteiger partial charge is 0.368 e. The Balaban J connectivity index is 1.94. The van der Waals surface area contributed by atoms with Crippen molar-refractivity contribution in [2.75, 3.05) is 0 Å². The van der Waals surface area contributed by atoms with Crippen molar-refractivity contribution >= 4 is 5.78 Å². The normalized spacial score (nSPS) is 47.7. The van der Waals surface area contributed by atoms with Gasteiger partial charge in [0.05, 0.1) is 11.2 Å². The minimum absolute atomic E-state index is 0.00632. The van der Waals surface area contributed by atoms with E-state index in [0.717, 1.165) is 19.3 Å². The Morgan fingerprint density at radius 2 is 1.93 bits per heavy atom. The number of Topliss-reactive ketones (excluding diaryl/α,β-unsaturated/α-hetero) is 1. The first kappa shape index (κ1) is 9.83. The van der Waals surface area contributed by atoms with E-state index in [-0.39, 0.29) is 11.2 Å². The fraction of sp³-hybridized carbons (Fsp3) is 0.923. The Hall–Kier alpha value is -0.370. The van der Waals surface area contributed by atoms with Gasteiger partial charge in [-0.15, -0.1) is 0 Å². The lowest BCUT2D eigenvalue weighted by molar-refractivity contribution is -0.150. The summed E-state index contributed by atoms with van der Waals surface area (Å²) in [5.74, 6) is 1.76. The Morgan fingerprint density at radius 1 is 1.20 bits per heavy atom. The summed E-state index contributed by atoms with van der Waals surface area (Å²) in [5, 5.41) is 0. The Labute approximate surface area is 91.4 Å². The Bertz CT molecular complexity index is 308. The second kappa shape index (κ2) is 2.85. The zero-order valence-electron chi connectivity index (χ0n) is 9.71. The molecule has 3 aliphatic rings. The van der Waals surface area contributed by atoms with Crippen molar-refractivity contribution in [3.63, 3.8) is 0 Å². The lowest BCUT2D eigenvalue weighted by Gasteiger charge is -2.42. The van der Waals surface area contributed by atoms with Crippen LogP contribution in [0.1, 0.15) is 52.4 Å². The van der Waals surface area contributed by atoms with Gasteiger partial charge in [0.2, 0.25) is 0 Å². The van der Waals surface area contributed by atoms with Crippen LogP contribution in [0.5, 0.6) is 0 Å². The molecule has 0 aromatic rings. The van der Waals surface area contributed by atoms with Crippen LogP contribution in [0.3, 0.4) is 0 Å². The first-order valence-corrected chi connectivity index (χ1v) is 6.24. The summed E-state index contributed by atoms with van der Waals surface area (Å²) in [4.78, 5) is 11.6. The van der Waals surface area contributed by atoms with Crippen LogP contribution in [0.25, 0.3) is 0 Å². The highest BCUT2D eigenvalue weighted by Gasteiger charge is 2.58. The van der Waals surface area contributed by atoms with E-state index in [2.05, 4.69) is 13.8 Å². The fourth-order valence-corrected chi connectivity index (χ4v) is 4.09. The second-order valence-electron chi connectivity index (χ2n) is 6.20. The van der Waals surface area contributed by atoms with Crippen LogP contribution in [0, 0.1) is 11.8 Å². The van der Waals surface area contributed by atoms with Gasteiger partial charge in [-0.1, -0.05) is 0 Å². The molecule has 2 saturated carbocycles. The maximum Gasteiger partial charge on any atom is 0.135 e. The number of hydrogen-bond donors (Lipinski definition) is 0. The molecule has 0 radical (unpaired) electrons. The molecule has 2 aliphatic carbocycles. The summed E-state index contributed by atoms with van der Waals surface area (Å²) in [6.45, 7) is 4.40. The third kappa shape index (κ3) is 1.30. The highest BCUT2D eigenvalue weighted by atomic mass is 16.5. The SMILES string of the molecule is CC1(C)OC23CC(=O)CCC2CC[C@@H]1C3. The predicted molar refractivity (Wildman–Crippen MR) is 57.6 cm³/mol. The highest BCUT2D eigenvalue weighted by molar-refractivity contribution is 5.80. The van der Waals surface area contributed by atoms with E-state index < -0.39 is 0 Å². The molecule has 2 nitrogen and oxygen atoms in total. The molecule has 0 aromatic heterocycles. The van der Waals surface area contributed by atoms with E-state index in [4.69, 9.17) is 4.74 Å². The molecule has 0 amide bonds. The lowest BCUT2D eigenvalue weighted by atomic mass is 9.64. The van der Waals surface area contributed by atoms with Gasteiger partial charge < -0.3 is 4.74 Å². The maximum absolute atomic E-state index is 11.6. The quantitative estimate of drug-likeness (QED) is 0.612. The molecule has 1 aliphatic heterocycles. The van der Waals surface area contributed by atoms with Gasteiger partial charge in [-0.05, 0) is 51.4 Å². The van der Waals surface area contributed by atoms with E-state index in [9.17, 15) is 4.79 Å². The molecule has 3 rings (SSSR count). The third-order valence-corrected chi connectivity index (χ3v) is 4.92. The van der Waals surface area contributed by atoms with Gasteiger partial charge >= 0.3 is 0 Å². The summed E-state index contributed by atoms with van der Waals surface area (Å²) in [5.41, 5.74) is -0.0475. The molecule has 0 aromatic carbocycles. The van der Waals surface area contributed by atoms with Gasteiger partial charge in [-0.2, -0.15) is 0 Å². The number of carbonyl (C=O) groups is 1. The monoisotopic (exact) mass is 208 g/mol. The smallest absolute Gasteiger partial charge is 0.135 e. The van der Waals surface area contributed by atoms with Crippen LogP contribution in [0.4, 0.5) is 0 Å². The van der Waals surface area contributed by atoms with E-state index in [1.165, 1.54) is 12.8 Å². The average molecular weight is 208 g/mol. The summed E-state index contributed by atoms with van der Waals surface area (Å²) < 4.78 is 6.31. The van der Waals surface area contributed by atoms with Crippen molar-refractivity contribution in [3.8, 4) is 0 Å². The predicted octanol–water partition coefficient (Wildman–Crippen LogP) is 2.70. The van der Waals surface area contributed by atoms with Gasteiger partial charge in [-0.25, -0.2) is 0 Å². The number of ketones is 1. The molecule has 3 fully saturated rings. The number of hydrogen-bond acceptors (Lipinski definition) is 2. The molecule has 1 spiro atoms. The van der Waals surface area contributed by atoms with Gasteiger partial charge in [0.15, 0.2) is 0 Å². The van der Waals surface area contributed by atoms with Gasteiger partial charge in [0, 0.05) is 12.8 Å². The van der Waals surface area contributed by atoms with Crippen LogP contribution in [-0.4, -0.2) is 17.0 Å². The minimum Gasteiger partial charge on any atom is -0.368 e. The molecule has 0 N–H and O–H groups in total. The zero-order chi connectivity index (χ0) is 10.7. The molecular weight excluding hydrogens is 188 g/mol. The second-order valence-corrected chi connectivity index (χ2v) is 6.20. The Kier molecular flexibility index (Phi) is 1.87. The molecule has 84 valence electrons. The molecule has 2 bridgehead atoms. The number of rotatable bonds is 0. The number of fused-ring (bicyclic) bond motifs is 1. The van der Waals surface area contributed by atoms with Crippen LogP contribution in [0.2, 0.25) is 0 Å². The molecule has 2 heteroatoms. The first-order chi connectivity index (χ1) is 7.02. The minimum atomic E-state index is -0.0538. The van der Waals surface area contributed by atoms with Crippen LogP contribution >= 0.6 is 0 Å². The van der Waals surface area contributed by atoms with Crippen LogP contribution in [-0.2, 0) is 9.53 Å². The number of carbonyl (C=O) groups excluding carboxylic acids is 1. The van der Waals surface area contributed by atoms with Crippen molar-refractivity contribution in [1.82, 2.24) is 0 Å². The fourth-order valence-electron chi connectivity index (χ4n) is 4.09. The topological polar surface area (TPSA) is 26.3 Å². The van der Waals surface area contributed by atoms with E-state index in [1.54, 1.807) is 0 Å². The van der Waals surface area contributed by atoms with Crippen molar-refractivity contribution in [1.29, 1.82) is 0 Å². The highest BCUT2D eigenvalue weighted by Crippen LogP contribution is 2.57. The molecule has 15 heavy (non-hydrogen) atoms. The van der Waals surface area contributed by atoms with Gasteiger partial charge in [0.1, 0.15) is 5.78 Å². The van der Waals surface area contributed by atoms with Crippen molar-refractivity contribution in [3.05, 3.63) is 0 Å². The molecule has 1 heterocycles. The van der Waals surface area contributed by atoms with E-state index in [0.29, 0.717) is 24.0 Å². The lowest BCUT2D eigenvalue weighted by Crippen LogP contribution is -2.45. The third-order valence-electron chi connectivity index (χ3n) is 4.92. The molecule has 1 saturated heterocycles. The summed E-state index contributed by atoms with van der Waals surface area (Å²) >= 11 is 0. The molecule has 2 unspecified atom stereocenters. The Morgan fingerprint density at radius 3 is 2.73 bits per heavy atom. The maximum atomic E-state index is 11.6. The summed E-state index contributed by atoms with van der Waals surface area (Å²) in [7, 11) is 0. The summed E-state index contributed by atoms with van der Waals surface area (Å²) in [6, 6.07) is 0. The molecule has 3 atom stereocenters. The zero-order valence-corrected chi connectivity index (χ0v) is 9.71. The van der Waals surface area contributed by atoms with E-state index >= 15 is 0 Å².